The van der Waals surface area contributed by atoms with Gasteiger partial charge in [0.15, 0.2) is 0 Å². The van der Waals surface area contributed by atoms with E-state index < -0.39 is 16.1 Å². The summed E-state index contributed by atoms with van der Waals surface area (Å²) in [6.45, 7) is 4.13. The van der Waals surface area contributed by atoms with Gasteiger partial charge in [0, 0.05) is 12.2 Å². The summed E-state index contributed by atoms with van der Waals surface area (Å²) in [5.41, 5.74) is 3.19. The molecule has 1 atom stereocenters. The SMILES string of the molecule is Cc1ccc(S(=O)(=O)N2CCC[C@H]2C(=O)Nc2ccc(C)c(-n3cnnn3)c2)cc1. The number of nitrogens with one attached hydrogen (secondary N) is 1. The molecule has 1 saturated heterocycles. The normalized spacial score (nSPS) is 17.2. The van der Waals surface area contributed by atoms with Gasteiger partial charge in [-0.25, -0.2) is 13.1 Å². The van der Waals surface area contributed by atoms with E-state index in [0.29, 0.717) is 25.1 Å². The molecule has 1 N–H and O–H groups in total. The first-order chi connectivity index (χ1) is 14.4. The number of amides is 1. The first kappa shape index (κ1) is 20.2. The van der Waals surface area contributed by atoms with Crippen LogP contribution in [0.5, 0.6) is 0 Å². The lowest BCUT2D eigenvalue weighted by Crippen LogP contribution is -2.43. The van der Waals surface area contributed by atoms with Crippen molar-refractivity contribution in [2.24, 2.45) is 0 Å². The number of anilines is 1. The van der Waals surface area contributed by atoms with Gasteiger partial charge in [-0.05, 0) is 66.9 Å². The topological polar surface area (TPSA) is 110 Å². The Balaban J connectivity index is 1.56. The number of sulfonamides is 1. The standard InChI is InChI=1S/C20H22N6O3S/c1-14-5-9-17(10-6-14)30(28,29)26-11-3-4-18(26)20(27)22-16-8-7-15(2)19(12-16)25-13-21-23-24-25/h5-10,12-13,18H,3-4,11H2,1-2H3,(H,22,27)/t18-/m0/s1. The highest BCUT2D eigenvalue weighted by molar-refractivity contribution is 7.89. The molecule has 0 saturated carbocycles. The van der Waals surface area contributed by atoms with E-state index in [1.807, 2.05) is 19.9 Å². The minimum Gasteiger partial charge on any atom is -0.325 e. The van der Waals surface area contributed by atoms with Crippen LogP contribution in [0.25, 0.3) is 5.69 Å². The maximum Gasteiger partial charge on any atom is 0.243 e. The van der Waals surface area contributed by atoms with E-state index in [4.69, 9.17) is 0 Å². The molecule has 1 aromatic heterocycles. The summed E-state index contributed by atoms with van der Waals surface area (Å²) >= 11 is 0. The third-order valence-electron chi connectivity index (χ3n) is 5.21. The van der Waals surface area contributed by atoms with E-state index in [2.05, 4.69) is 20.8 Å². The third kappa shape index (κ3) is 3.83. The molecular weight excluding hydrogens is 404 g/mol. The second-order valence-electron chi connectivity index (χ2n) is 7.33. The average Bonchev–Trinajstić information content (AvgIpc) is 3.42. The number of rotatable bonds is 5. The van der Waals surface area contributed by atoms with Crippen molar-refractivity contribution < 1.29 is 13.2 Å². The van der Waals surface area contributed by atoms with Gasteiger partial charge in [-0.2, -0.15) is 4.31 Å². The summed E-state index contributed by atoms with van der Waals surface area (Å²) in [7, 11) is -3.75. The van der Waals surface area contributed by atoms with E-state index in [-0.39, 0.29) is 10.8 Å². The zero-order valence-corrected chi connectivity index (χ0v) is 17.5. The second-order valence-corrected chi connectivity index (χ2v) is 9.22. The van der Waals surface area contributed by atoms with Gasteiger partial charge in [0.2, 0.25) is 15.9 Å². The number of benzene rings is 2. The minimum absolute atomic E-state index is 0.198. The molecule has 0 bridgehead atoms. The van der Waals surface area contributed by atoms with Crippen molar-refractivity contribution in [3.8, 4) is 5.69 Å². The van der Waals surface area contributed by atoms with Crippen LogP contribution in [-0.4, -0.2) is 51.4 Å². The molecule has 10 heteroatoms. The number of aryl methyl sites for hydroxylation is 2. The van der Waals surface area contributed by atoms with Crippen LogP contribution < -0.4 is 5.32 Å². The molecule has 0 aliphatic carbocycles. The molecule has 1 aliphatic heterocycles. The van der Waals surface area contributed by atoms with E-state index in [1.54, 1.807) is 36.4 Å². The summed E-state index contributed by atoms with van der Waals surface area (Å²) < 4.78 is 29.0. The molecule has 0 radical (unpaired) electrons. The number of tetrazole rings is 1. The molecular formula is C20H22N6O3S. The highest BCUT2D eigenvalue weighted by Gasteiger charge is 2.39. The van der Waals surface area contributed by atoms with Crippen LogP contribution in [-0.2, 0) is 14.8 Å². The van der Waals surface area contributed by atoms with Gasteiger partial charge in [0.05, 0.1) is 10.6 Å². The monoisotopic (exact) mass is 426 g/mol. The highest BCUT2D eigenvalue weighted by Crippen LogP contribution is 2.28. The molecule has 156 valence electrons. The molecule has 4 rings (SSSR count). The molecule has 2 heterocycles. The Hall–Kier alpha value is -3.11. The quantitative estimate of drug-likeness (QED) is 0.669. The molecule has 9 nitrogen and oxygen atoms in total. The number of nitrogens with zero attached hydrogens (tertiary/aromatic N) is 5. The first-order valence-corrected chi connectivity index (χ1v) is 11.0. The van der Waals surface area contributed by atoms with E-state index in [1.165, 1.54) is 15.3 Å². The average molecular weight is 427 g/mol. The van der Waals surface area contributed by atoms with Crippen LogP contribution in [0.15, 0.2) is 53.7 Å². The Morgan fingerprint density at radius 1 is 1.13 bits per heavy atom. The van der Waals surface area contributed by atoms with Crippen LogP contribution in [0.4, 0.5) is 5.69 Å². The number of carbonyl (C=O) groups is 1. The zero-order chi connectivity index (χ0) is 21.3. The van der Waals surface area contributed by atoms with Crippen molar-refractivity contribution in [2.45, 2.75) is 37.6 Å². The maximum absolute atomic E-state index is 13.1. The maximum atomic E-state index is 13.1. The second kappa shape index (κ2) is 7.96. The molecule has 2 aromatic carbocycles. The van der Waals surface area contributed by atoms with Crippen LogP contribution in [0.2, 0.25) is 0 Å². The van der Waals surface area contributed by atoms with Crippen molar-refractivity contribution in [1.82, 2.24) is 24.5 Å². The lowest BCUT2D eigenvalue weighted by molar-refractivity contribution is -0.119. The summed E-state index contributed by atoms with van der Waals surface area (Å²) in [6.07, 6.45) is 2.58. The largest absolute Gasteiger partial charge is 0.325 e. The van der Waals surface area contributed by atoms with Gasteiger partial charge in [0.25, 0.3) is 0 Å². The van der Waals surface area contributed by atoms with Gasteiger partial charge >= 0.3 is 0 Å². The predicted octanol–water partition coefficient (Wildman–Crippen LogP) is 2.07. The van der Waals surface area contributed by atoms with Gasteiger partial charge < -0.3 is 5.32 Å². The predicted molar refractivity (Wildman–Crippen MR) is 111 cm³/mol. The Morgan fingerprint density at radius 2 is 1.90 bits per heavy atom. The first-order valence-electron chi connectivity index (χ1n) is 9.59. The summed E-state index contributed by atoms with van der Waals surface area (Å²) in [5, 5.41) is 14.0. The van der Waals surface area contributed by atoms with Crippen molar-refractivity contribution in [3.63, 3.8) is 0 Å². The number of carbonyl (C=O) groups excluding carboxylic acids is 1. The minimum atomic E-state index is -3.75. The Bertz CT molecular complexity index is 1160. The van der Waals surface area contributed by atoms with Crippen molar-refractivity contribution >= 4 is 21.6 Å². The highest BCUT2D eigenvalue weighted by atomic mass is 32.2. The lowest BCUT2D eigenvalue weighted by Gasteiger charge is -2.23. The third-order valence-corrected chi connectivity index (χ3v) is 7.13. The molecule has 1 fully saturated rings. The molecule has 30 heavy (non-hydrogen) atoms. The van der Waals surface area contributed by atoms with Crippen LogP contribution in [0, 0.1) is 13.8 Å². The lowest BCUT2D eigenvalue weighted by atomic mass is 10.1. The molecule has 1 amide bonds. The Kier molecular flexibility index (Phi) is 5.35. The van der Waals surface area contributed by atoms with E-state index in [0.717, 1.165) is 16.8 Å². The molecule has 0 spiro atoms. The fourth-order valence-electron chi connectivity index (χ4n) is 3.57. The van der Waals surface area contributed by atoms with Gasteiger partial charge in [-0.3, -0.25) is 4.79 Å². The molecule has 1 aliphatic rings. The number of aromatic nitrogens is 4. The van der Waals surface area contributed by atoms with Crippen LogP contribution in [0.3, 0.4) is 0 Å². The van der Waals surface area contributed by atoms with E-state index in [9.17, 15) is 13.2 Å². The fourth-order valence-corrected chi connectivity index (χ4v) is 5.22. The molecule has 0 unspecified atom stereocenters. The van der Waals surface area contributed by atoms with Crippen LogP contribution >= 0.6 is 0 Å². The summed E-state index contributed by atoms with van der Waals surface area (Å²) in [5.74, 6) is -0.352. The zero-order valence-electron chi connectivity index (χ0n) is 16.7. The van der Waals surface area contributed by atoms with Gasteiger partial charge in [-0.1, -0.05) is 23.8 Å². The number of hydrogen-bond acceptors (Lipinski definition) is 6. The summed E-state index contributed by atoms with van der Waals surface area (Å²) in [4.78, 5) is 13.2. The van der Waals surface area contributed by atoms with Gasteiger partial charge in [-0.15, -0.1) is 5.10 Å². The van der Waals surface area contributed by atoms with E-state index >= 15 is 0 Å². The summed E-state index contributed by atoms with van der Waals surface area (Å²) in [6, 6.07) is 11.3. The van der Waals surface area contributed by atoms with Gasteiger partial charge in [0.1, 0.15) is 12.4 Å². The van der Waals surface area contributed by atoms with Crippen LogP contribution in [0.1, 0.15) is 24.0 Å². The van der Waals surface area contributed by atoms with Crippen molar-refractivity contribution in [3.05, 3.63) is 59.9 Å². The Labute approximate surface area is 174 Å². The number of hydrogen-bond donors (Lipinski definition) is 1. The van der Waals surface area contributed by atoms with Crippen molar-refractivity contribution in [2.75, 3.05) is 11.9 Å². The fraction of sp³-hybridized carbons (Fsp3) is 0.300. The van der Waals surface area contributed by atoms with Crippen molar-refractivity contribution in [1.29, 1.82) is 0 Å². The molecule has 3 aromatic rings. The Morgan fingerprint density at radius 3 is 2.60 bits per heavy atom. The smallest absolute Gasteiger partial charge is 0.243 e.